The second-order valence-electron chi connectivity index (χ2n) is 6.27. The predicted octanol–water partition coefficient (Wildman–Crippen LogP) is 7.10. The van der Waals surface area contributed by atoms with E-state index in [1.54, 1.807) is 0 Å². The van der Waals surface area contributed by atoms with E-state index in [0.29, 0.717) is 4.90 Å². The van der Waals surface area contributed by atoms with Gasteiger partial charge in [0.15, 0.2) is 5.78 Å². The molecule has 6 nitrogen and oxygen atoms in total. The van der Waals surface area contributed by atoms with Crippen LogP contribution >= 0.6 is 92.8 Å². The molecule has 0 aromatic heterocycles. The first kappa shape index (κ1) is 25.7. The van der Waals surface area contributed by atoms with E-state index in [0.717, 1.165) is 6.92 Å². The van der Waals surface area contributed by atoms with Crippen LogP contribution in [0.5, 0.6) is 0 Å². The number of carbonyl (C=O) groups is 4. The molecule has 1 heterocycles. The zero-order valence-corrected chi connectivity index (χ0v) is 21.4. The second-order valence-corrected chi connectivity index (χ2v) is 9.29. The van der Waals surface area contributed by atoms with Crippen molar-refractivity contribution in [1.29, 1.82) is 0 Å². The van der Waals surface area contributed by atoms with Crippen molar-refractivity contribution in [3.63, 3.8) is 0 Å². The van der Waals surface area contributed by atoms with E-state index in [9.17, 15) is 19.2 Å². The number of nitrogens with one attached hydrogen (secondary N) is 1. The monoisotopic (exact) mass is 594 g/mol. The lowest BCUT2D eigenvalue weighted by Gasteiger charge is -2.18. The molecule has 0 saturated carbocycles. The molecule has 0 fully saturated rings. The number of fused-ring (bicyclic) bond motifs is 1. The first-order chi connectivity index (χ1) is 14.8. The summed E-state index contributed by atoms with van der Waals surface area (Å²) in [6, 6.07) is 0. The summed E-state index contributed by atoms with van der Waals surface area (Å²) < 4.78 is 0. The highest BCUT2D eigenvalue weighted by Crippen LogP contribution is 2.45. The van der Waals surface area contributed by atoms with Crippen LogP contribution in [0.2, 0.25) is 40.2 Å². The average Bonchev–Trinajstić information content (AvgIpc) is 2.99. The largest absolute Gasteiger partial charge is 0.334 e. The van der Waals surface area contributed by atoms with Gasteiger partial charge in [-0.15, -0.1) is 0 Å². The third-order valence-electron chi connectivity index (χ3n) is 4.43. The molecule has 1 aliphatic rings. The molecule has 1 N–H and O–H groups in total. The summed E-state index contributed by atoms with van der Waals surface area (Å²) in [5.41, 5.74) is -1.18. The molecule has 168 valence electrons. The number of halogens is 8. The van der Waals surface area contributed by atoms with E-state index in [-0.39, 0.29) is 62.4 Å². The maximum Gasteiger partial charge on any atom is 0.264 e. The molecular formula is C18H6Cl8N2O4. The molecule has 32 heavy (non-hydrogen) atoms. The van der Waals surface area contributed by atoms with Crippen molar-refractivity contribution in [3.05, 3.63) is 62.4 Å². The molecule has 3 amide bonds. The van der Waals surface area contributed by atoms with Crippen LogP contribution in [0.25, 0.3) is 0 Å². The molecule has 0 unspecified atom stereocenters. The van der Waals surface area contributed by atoms with Crippen molar-refractivity contribution in [2.24, 2.45) is 0 Å². The van der Waals surface area contributed by atoms with Crippen molar-refractivity contribution in [2.45, 2.75) is 6.92 Å². The third-order valence-corrected chi connectivity index (χ3v) is 8.03. The van der Waals surface area contributed by atoms with Crippen LogP contribution in [0.4, 0.5) is 0 Å². The van der Waals surface area contributed by atoms with Crippen LogP contribution in [-0.4, -0.2) is 35.1 Å². The molecule has 0 atom stereocenters. The smallest absolute Gasteiger partial charge is 0.264 e. The summed E-state index contributed by atoms with van der Waals surface area (Å²) in [5, 5.41) is 0.308. The Morgan fingerprint density at radius 2 is 1.03 bits per heavy atom. The van der Waals surface area contributed by atoms with Crippen molar-refractivity contribution < 1.29 is 19.2 Å². The summed E-state index contributed by atoms with van der Waals surface area (Å²) in [6.45, 7) is 0.499. The lowest BCUT2D eigenvalue weighted by Crippen LogP contribution is -2.41. The van der Waals surface area contributed by atoms with Gasteiger partial charge >= 0.3 is 0 Å². The molecule has 0 spiro atoms. The van der Waals surface area contributed by atoms with Crippen LogP contribution < -0.4 is 5.32 Å². The summed E-state index contributed by atoms with van der Waals surface area (Å²) in [5.74, 6) is -3.32. The maximum absolute atomic E-state index is 12.8. The fourth-order valence-electron chi connectivity index (χ4n) is 2.95. The Morgan fingerprint density at radius 3 is 1.44 bits per heavy atom. The van der Waals surface area contributed by atoms with Gasteiger partial charge in [-0.25, -0.2) is 0 Å². The van der Waals surface area contributed by atoms with E-state index in [4.69, 9.17) is 92.8 Å². The number of hydrogen-bond donors (Lipinski definition) is 1. The number of hydrogen-bond acceptors (Lipinski definition) is 4. The Morgan fingerprint density at radius 1 is 0.656 bits per heavy atom. The number of carbonyl (C=O) groups excluding carboxylic acids is 4. The third kappa shape index (κ3) is 3.95. The minimum Gasteiger partial charge on any atom is -0.334 e. The van der Waals surface area contributed by atoms with Crippen LogP contribution in [0.3, 0.4) is 0 Å². The summed E-state index contributed by atoms with van der Waals surface area (Å²) in [7, 11) is 0. The predicted molar refractivity (Wildman–Crippen MR) is 126 cm³/mol. The Bertz CT molecular complexity index is 1210. The number of nitrogens with zero attached hydrogens (tertiary/aromatic N) is 1. The summed E-state index contributed by atoms with van der Waals surface area (Å²) >= 11 is 48.2. The number of imide groups is 1. The van der Waals surface area contributed by atoms with Crippen molar-refractivity contribution in [1.82, 2.24) is 10.2 Å². The first-order valence-electron chi connectivity index (χ1n) is 8.20. The van der Waals surface area contributed by atoms with Crippen LogP contribution in [-0.2, 0) is 0 Å². The van der Waals surface area contributed by atoms with Gasteiger partial charge in [-0.05, 0) is 6.92 Å². The normalized spacial score (nSPS) is 13.0. The Balaban J connectivity index is 1.97. The molecule has 14 heteroatoms. The minimum atomic E-state index is -0.953. The molecule has 0 saturated heterocycles. The molecule has 1 aliphatic heterocycles. The molecule has 2 aromatic rings. The summed E-state index contributed by atoms with van der Waals surface area (Å²) in [6.07, 6.45) is 0. The van der Waals surface area contributed by atoms with Crippen LogP contribution in [0, 0.1) is 0 Å². The van der Waals surface area contributed by atoms with E-state index in [1.165, 1.54) is 0 Å². The van der Waals surface area contributed by atoms with Gasteiger partial charge in [-0.1, -0.05) is 92.8 Å². The number of rotatable bonds is 4. The number of benzene rings is 2. The molecule has 0 radical (unpaired) electrons. The quantitative estimate of drug-likeness (QED) is 0.176. The lowest BCUT2D eigenvalue weighted by atomic mass is 10.0. The molecule has 0 bridgehead atoms. The van der Waals surface area contributed by atoms with Crippen LogP contribution in [0.1, 0.15) is 48.4 Å². The average molecular weight is 598 g/mol. The van der Waals surface area contributed by atoms with Gasteiger partial charge in [0, 0.05) is 0 Å². The molecule has 3 rings (SSSR count). The Labute approximate surface area is 220 Å². The van der Waals surface area contributed by atoms with E-state index in [2.05, 4.69) is 5.32 Å². The topological polar surface area (TPSA) is 83.6 Å². The van der Waals surface area contributed by atoms with Gasteiger partial charge in [0.25, 0.3) is 17.7 Å². The fourth-order valence-corrected chi connectivity index (χ4v) is 5.04. The highest BCUT2D eigenvalue weighted by molar-refractivity contribution is 6.55. The van der Waals surface area contributed by atoms with Gasteiger partial charge in [-0.3, -0.25) is 24.1 Å². The number of amides is 3. The van der Waals surface area contributed by atoms with Gasteiger partial charge in [0.1, 0.15) is 6.67 Å². The van der Waals surface area contributed by atoms with E-state index < -0.39 is 30.2 Å². The lowest BCUT2D eigenvalue weighted by molar-refractivity contribution is 0.0634. The molecule has 2 aromatic carbocycles. The second kappa shape index (κ2) is 9.35. The summed E-state index contributed by atoms with van der Waals surface area (Å²) in [4.78, 5) is 51.1. The zero-order valence-electron chi connectivity index (χ0n) is 15.3. The van der Waals surface area contributed by atoms with Gasteiger partial charge < -0.3 is 5.32 Å². The van der Waals surface area contributed by atoms with Gasteiger partial charge in [0.05, 0.1) is 62.4 Å². The van der Waals surface area contributed by atoms with E-state index >= 15 is 0 Å². The molecule has 0 aliphatic carbocycles. The molecular weight excluding hydrogens is 592 g/mol. The van der Waals surface area contributed by atoms with E-state index in [1.807, 2.05) is 0 Å². The van der Waals surface area contributed by atoms with Gasteiger partial charge in [0.2, 0.25) is 0 Å². The minimum absolute atomic E-state index is 0.201. The SMILES string of the molecule is CC(=O)c1c(Cl)c(Cl)c(Cl)c(Cl)c1C(=O)NCN1C(=O)c2c(Cl)c(Cl)c(Cl)c(Cl)c2C1=O. The fraction of sp³-hybridized carbons (Fsp3) is 0.111. The van der Waals surface area contributed by atoms with Gasteiger partial charge in [-0.2, -0.15) is 0 Å². The number of Topliss-reactive ketones (excluding diaryl/α,β-unsaturated/α-hetero) is 1. The van der Waals surface area contributed by atoms with Crippen LogP contribution in [0.15, 0.2) is 0 Å². The maximum atomic E-state index is 12.8. The highest BCUT2D eigenvalue weighted by atomic mass is 35.5. The first-order valence-corrected chi connectivity index (χ1v) is 11.2. The highest BCUT2D eigenvalue weighted by Gasteiger charge is 2.42. The standard InChI is InChI=1S/C18H6Cl8N2O4/c1-3(29)4-5(9(20)13(24)12(23)8(4)19)16(30)27-2-28-17(31)6-7(18(28)32)11(22)15(26)14(25)10(6)21/h2H2,1H3,(H,27,30). The number of ketones is 1. The van der Waals surface area contributed by atoms with Crippen molar-refractivity contribution >= 4 is 116 Å². The van der Waals surface area contributed by atoms with Crippen molar-refractivity contribution in [2.75, 3.05) is 6.67 Å². The van der Waals surface area contributed by atoms with Crippen molar-refractivity contribution in [3.8, 4) is 0 Å². The Hall–Kier alpha value is -0.960. The zero-order chi connectivity index (χ0) is 24.2. The Kier molecular flexibility index (Phi) is 7.50.